The minimum atomic E-state index is 0.145. The lowest BCUT2D eigenvalue weighted by Crippen LogP contribution is -2.35. The Morgan fingerprint density at radius 3 is 2.67 bits per heavy atom. The van der Waals surface area contributed by atoms with E-state index in [1.165, 1.54) is 4.88 Å². The van der Waals surface area contributed by atoms with E-state index in [0.717, 1.165) is 23.1 Å². The van der Waals surface area contributed by atoms with Gasteiger partial charge in [-0.15, -0.1) is 11.3 Å². The van der Waals surface area contributed by atoms with E-state index in [9.17, 15) is 0 Å². The van der Waals surface area contributed by atoms with Crippen LogP contribution in [0.4, 0.5) is 5.95 Å². The predicted octanol–water partition coefficient (Wildman–Crippen LogP) is 3.38. The molecule has 114 valence electrons. The molecule has 3 rings (SSSR count). The van der Waals surface area contributed by atoms with Crippen LogP contribution in [0.1, 0.15) is 31.6 Å². The van der Waals surface area contributed by atoms with Gasteiger partial charge in [-0.25, -0.2) is 4.98 Å². The molecule has 21 heavy (non-hydrogen) atoms. The number of anilines is 1. The smallest absolute Gasteiger partial charge is 0.227 e. The molecule has 0 saturated carbocycles. The molecule has 6 heteroatoms. The molecule has 2 unspecified atom stereocenters. The van der Waals surface area contributed by atoms with Gasteiger partial charge in [-0.3, -0.25) is 0 Å². The lowest BCUT2D eigenvalue weighted by molar-refractivity contribution is -0.0726. The van der Waals surface area contributed by atoms with E-state index in [4.69, 9.17) is 9.47 Å². The van der Waals surface area contributed by atoms with Crippen molar-refractivity contribution >= 4 is 27.5 Å². The van der Waals surface area contributed by atoms with Gasteiger partial charge >= 0.3 is 0 Å². The van der Waals surface area contributed by atoms with E-state index < -0.39 is 0 Å². The monoisotopic (exact) mass is 307 g/mol. The summed E-state index contributed by atoms with van der Waals surface area (Å²) in [5, 5.41) is 4.01. The van der Waals surface area contributed by atoms with Crippen LogP contribution in [0.5, 0.6) is 5.88 Å². The van der Waals surface area contributed by atoms with E-state index in [2.05, 4.69) is 42.1 Å². The Labute approximate surface area is 128 Å². The summed E-state index contributed by atoms with van der Waals surface area (Å²) in [6, 6.07) is 2.10. The quantitative estimate of drug-likeness (QED) is 0.942. The highest BCUT2D eigenvalue weighted by molar-refractivity contribution is 7.18. The number of nitrogens with zero attached hydrogens (tertiary/aromatic N) is 2. The van der Waals surface area contributed by atoms with Crippen LogP contribution in [0.15, 0.2) is 6.07 Å². The van der Waals surface area contributed by atoms with E-state index in [-0.39, 0.29) is 18.3 Å². The van der Waals surface area contributed by atoms with Crippen molar-refractivity contribution in [3.8, 4) is 5.88 Å². The third-order valence-corrected chi connectivity index (χ3v) is 4.58. The fourth-order valence-corrected chi connectivity index (χ4v) is 3.69. The first-order valence-electron chi connectivity index (χ1n) is 7.33. The molecule has 5 nitrogen and oxygen atoms in total. The van der Waals surface area contributed by atoms with Crippen molar-refractivity contribution in [1.82, 2.24) is 9.97 Å². The van der Waals surface area contributed by atoms with Crippen LogP contribution in [0.2, 0.25) is 0 Å². The lowest BCUT2D eigenvalue weighted by atomic mass is 10.0. The van der Waals surface area contributed by atoms with Crippen molar-refractivity contribution in [1.29, 1.82) is 0 Å². The number of rotatable bonds is 3. The van der Waals surface area contributed by atoms with E-state index >= 15 is 0 Å². The van der Waals surface area contributed by atoms with Crippen LogP contribution in [0.25, 0.3) is 10.2 Å². The third kappa shape index (κ3) is 3.11. The van der Waals surface area contributed by atoms with Gasteiger partial charge in [0.1, 0.15) is 10.9 Å². The van der Waals surface area contributed by atoms with Crippen molar-refractivity contribution in [3.05, 3.63) is 10.9 Å². The average molecular weight is 307 g/mol. The van der Waals surface area contributed by atoms with Crippen molar-refractivity contribution in [2.45, 2.75) is 51.9 Å². The zero-order valence-corrected chi connectivity index (χ0v) is 13.7. The molecular weight excluding hydrogens is 286 g/mol. The van der Waals surface area contributed by atoms with Gasteiger partial charge in [0.15, 0.2) is 0 Å². The van der Waals surface area contributed by atoms with Gasteiger partial charge in [0.05, 0.1) is 17.6 Å². The largest absolute Gasteiger partial charge is 0.474 e. The fourth-order valence-electron chi connectivity index (χ4n) is 2.82. The Morgan fingerprint density at radius 1 is 1.29 bits per heavy atom. The number of hydrogen-bond donors (Lipinski definition) is 1. The molecule has 3 heterocycles. The Balaban J connectivity index is 1.91. The number of aryl methyl sites for hydroxylation is 1. The van der Waals surface area contributed by atoms with Crippen molar-refractivity contribution < 1.29 is 9.47 Å². The van der Waals surface area contributed by atoms with Crippen molar-refractivity contribution in [2.24, 2.45) is 0 Å². The molecule has 2 aromatic heterocycles. The van der Waals surface area contributed by atoms with Gasteiger partial charge in [-0.2, -0.15) is 4.98 Å². The zero-order chi connectivity index (χ0) is 15.0. The molecule has 2 aromatic rings. The lowest BCUT2D eigenvalue weighted by Gasteiger charge is -2.32. The fraction of sp³-hybridized carbons (Fsp3) is 0.600. The first-order chi connectivity index (χ1) is 10.0. The summed E-state index contributed by atoms with van der Waals surface area (Å²) >= 11 is 1.66. The zero-order valence-electron chi connectivity index (χ0n) is 12.8. The van der Waals surface area contributed by atoms with Gasteiger partial charge in [0.2, 0.25) is 11.8 Å². The summed E-state index contributed by atoms with van der Waals surface area (Å²) in [5.41, 5.74) is 0. The minimum absolute atomic E-state index is 0.145. The summed E-state index contributed by atoms with van der Waals surface area (Å²) in [5.74, 6) is 1.28. The van der Waals surface area contributed by atoms with Crippen LogP contribution in [-0.4, -0.2) is 35.3 Å². The second kappa shape index (κ2) is 5.77. The van der Waals surface area contributed by atoms with Crippen molar-refractivity contribution in [2.75, 3.05) is 12.4 Å². The summed E-state index contributed by atoms with van der Waals surface area (Å²) in [4.78, 5) is 11.2. The molecule has 0 aliphatic carbocycles. The summed E-state index contributed by atoms with van der Waals surface area (Å²) in [6.07, 6.45) is 2.39. The van der Waals surface area contributed by atoms with E-state index in [0.29, 0.717) is 11.8 Å². The summed E-state index contributed by atoms with van der Waals surface area (Å²) in [6.45, 7) is 6.26. The Bertz CT molecular complexity index is 633. The summed E-state index contributed by atoms with van der Waals surface area (Å²) < 4.78 is 12.0. The predicted molar refractivity (Wildman–Crippen MR) is 85.4 cm³/mol. The van der Waals surface area contributed by atoms with Gasteiger partial charge in [-0.1, -0.05) is 0 Å². The Morgan fingerprint density at radius 2 is 2.00 bits per heavy atom. The number of nitrogens with one attached hydrogen (secondary N) is 1. The maximum absolute atomic E-state index is 6.20. The maximum Gasteiger partial charge on any atom is 0.227 e. The molecular formula is C15H21N3O2S. The molecule has 0 amide bonds. The molecule has 1 saturated heterocycles. The van der Waals surface area contributed by atoms with Gasteiger partial charge in [0, 0.05) is 24.8 Å². The van der Waals surface area contributed by atoms with Gasteiger partial charge in [0.25, 0.3) is 0 Å². The highest BCUT2D eigenvalue weighted by Gasteiger charge is 2.27. The van der Waals surface area contributed by atoms with Gasteiger partial charge < -0.3 is 14.8 Å². The highest BCUT2D eigenvalue weighted by atomic mass is 32.1. The van der Waals surface area contributed by atoms with Crippen LogP contribution in [0.3, 0.4) is 0 Å². The Kier molecular flexibility index (Phi) is 3.99. The molecule has 2 atom stereocenters. The van der Waals surface area contributed by atoms with Crippen LogP contribution < -0.4 is 10.1 Å². The number of ether oxygens (including phenoxy) is 2. The standard InChI is InChI=1S/C15H21N3O2S/c1-8-5-11(6-9(2)19-8)20-13-12-7-10(3)21-14(12)18-15(16-4)17-13/h7-9,11H,5-6H2,1-4H3,(H,16,17,18). The SMILES string of the molecule is CNc1nc(OC2CC(C)OC(C)C2)c2cc(C)sc2n1. The van der Waals surface area contributed by atoms with Crippen LogP contribution in [0, 0.1) is 6.92 Å². The molecule has 0 bridgehead atoms. The van der Waals surface area contributed by atoms with Crippen LogP contribution in [-0.2, 0) is 4.74 Å². The molecule has 1 N–H and O–H groups in total. The van der Waals surface area contributed by atoms with Crippen LogP contribution >= 0.6 is 11.3 Å². The van der Waals surface area contributed by atoms with Crippen molar-refractivity contribution in [3.63, 3.8) is 0 Å². The first-order valence-corrected chi connectivity index (χ1v) is 8.15. The number of fused-ring (bicyclic) bond motifs is 1. The number of thiophene rings is 1. The molecule has 1 fully saturated rings. The molecule has 1 aliphatic rings. The highest BCUT2D eigenvalue weighted by Crippen LogP contribution is 2.33. The molecule has 1 aliphatic heterocycles. The third-order valence-electron chi connectivity index (χ3n) is 3.64. The first kappa shape index (κ1) is 14.5. The minimum Gasteiger partial charge on any atom is -0.474 e. The van der Waals surface area contributed by atoms with E-state index in [1.807, 2.05) is 7.05 Å². The topological polar surface area (TPSA) is 56.3 Å². The molecule has 0 spiro atoms. The number of hydrogen-bond acceptors (Lipinski definition) is 6. The average Bonchev–Trinajstić information content (AvgIpc) is 2.78. The molecule has 0 radical (unpaired) electrons. The second-order valence-corrected chi connectivity index (χ2v) is 6.88. The van der Waals surface area contributed by atoms with Gasteiger partial charge in [-0.05, 0) is 26.8 Å². The van der Waals surface area contributed by atoms with E-state index in [1.54, 1.807) is 11.3 Å². The summed E-state index contributed by atoms with van der Waals surface area (Å²) in [7, 11) is 1.82. The Hall–Kier alpha value is -1.40. The maximum atomic E-state index is 6.20. The number of aromatic nitrogens is 2. The second-order valence-electron chi connectivity index (χ2n) is 5.65. The normalized spacial score (nSPS) is 26.0. The molecule has 0 aromatic carbocycles.